The lowest BCUT2D eigenvalue weighted by atomic mass is 10.2. The first-order chi connectivity index (χ1) is 12.0. The number of nitrogen functional groups attached to an aromatic ring is 1. The van der Waals surface area contributed by atoms with Gasteiger partial charge in [0, 0.05) is 12.6 Å². The molecule has 0 radical (unpaired) electrons. The van der Waals surface area contributed by atoms with Crippen molar-refractivity contribution in [3.8, 4) is 11.5 Å². The van der Waals surface area contributed by atoms with E-state index in [9.17, 15) is 10.1 Å². The van der Waals surface area contributed by atoms with Gasteiger partial charge in [-0.05, 0) is 12.1 Å². The quantitative estimate of drug-likeness (QED) is 0.401. The first-order valence-electron chi connectivity index (χ1n) is 7.15. The summed E-state index contributed by atoms with van der Waals surface area (Å²) in [4.78, 5) is 18.4. The van der Waals surface area contributed by atoms with Crippen LogP contribution in [0.1, 0.15) is 0 Å². The summed E-state index contributed by atoms with van der Waals surface area (Å²) in [5.41, 5.74) is 5.71. The van der Waals surface area contributed by atoms with Crippen molar-refractivity contribution in [3.05, 3.63) is 28.3 Å². The van der Waals surface area contributed by atoms with Gasteiger partial charge in [0.05, 0.1) is 31.4 Å². The highest BCUT2D eigenvalue weighted by atomic mass is 16.6. The molecule has 0 aliphatic rings. The number of nitro groups is 1. The fraction of sp³-hybridized carbons (Fsp3) is 0.286. The van der Waals surface area contributed by atoms with Gasteiger partial charge >= 0.3 is 5.69 Å². The Morgan fingerprint density at radius 1 is 1.32 bits per heavy atom. The molecule has 0 saturated carbocycles. The molecule has 0 aliphatic heterocycles. The van der Waals surface area contributed by atoms with E-state index in [1.807, 2.05) is 0 Å². The van der Waals surface area contributed by atoms with Gasteiger partial charge in [-0.3, -0.25) is 10.1 Å². The summed E-state index contributed by atoms with van der Waals surface area (Å²) in [6.45, 7) is -0.160. The van der Waals surface area contributed by atoms with Crippen LogP contribution in [0.3, 0.4) is 0 Å². The molecule has 134 valence electrons. The van der Waals surface area contributed by atoms with E-state index in [1.54, 1.807) is 18.2 Å². The van der Waals surface area contributed by atoms with Gasteiger partial charge in [-0.25, -0.2) is 0 Å². The number of benzene rings is 1. The Balaban J connectivity index is 2.43. The third kappa shape index (κ3) is 4.14. The number of aliphatic hydroxyl groups is 1. The number of rotatable bonds is 8. The van der Waals surface area contributed by atoms with Gasteiger partial charge in [-0.1, -0.05) is 0 Å². The number of aromatic nitrogens is 2. The van der Waals surface area contributed by atoms with Crippen LogP contribution < -0.4 is 25.8 Å². The lowest BCUT2D eigenvalue weighted by molar-refractivity contribution is -0.383. The molecule has 2 rings (SSSR count). The first kappa shape index (κ1) is 18.0. The normalized spacial score (nSPS) is 10.2. The smallest absolute Gasteiger partial charge is 0.353 e. The van der Waals surface area contributed by atoms with Gasteiger partial charge in [0.1, 0.15) is 11.5 Å². The van der Waals surface area contributed by atoms with E-state index in [1.165, 1.54) is 14.2 Å². The number of aliphatic hydroxyl groups excluding tert-OH is 1. The number of hydrogen-bond donors (Lipinski definition) is 4. The van der Waals surface area contributed by atoms with Crippen LogP contribution in [0.25, 0.3) is 0 Å². The molecule has 0 fully saturated rings. The number of nitrogens with one attached hydrogen (secondary N) is 2. The molecular weight excluding hydrogens is 332 g/mol. The van der Waals surface area contributed by atoms with Gasteiger partial charge in [-0.15, -0.1) is 0 Å². The lowest BCUT2D eigenvalue weighted by Gasteiger charge is -2.13. The SMILES string of the molecule is COc1ccc(OC)c(Nc2nc(N)c([N+](=O)[O-])c(NCCO)n2)c1. The van der Waals surface area contributed by atoms with Crippen molar-refractivity contribution in [2.45, 2.75) is 0 Å². The second-order valence-corrected chi connectivity index (χ2v) is 4.73. The summed E-state index contributed by atoms with van der Waals surface area (Å²) in [5, 5.41) is 25.6. The van der Waals surface area contributed by atoms with Crippen LogP contribution in [-0.4, -0.2) is 47.4 Å². The Morgan fingerprint density at radius 2 is 2.08 bits per heavy atom. The molecule has 0 saturated heterocycles. The molecule has 0 amide bonds. The molecule has 0 atom stereocenters. The molecule has 1 heterocycles. The van der Waals surface area contributed by atoms with E-state index in [0.29, 0.717) is 17.2 Å². The number of methoxy groups -OCH3 is 2. The maximum absolute atomic E-state index is 11.1. The molecule has 0 unspecified atom stereocenters. The molecule has 25 heavy (non-hydrogen) atoms. The highest BCUT2D eigenvalue weighted by Gasteiger charge is 2.23. The van der Waals surface area contributed by atoms with Crippen LogP contribution in [0, 0.1) is 10.1 Å². The first-order valence-corrected chi connectivity index (χ1v) is 7.15. The van der Waals surface area contributed by atoms with Crippen LogP contribution in [0.15, 0.2) is 18.2 Å². The number of nitrogens with zero attached hydrogens (tertiary/aromatic N) is 3. The van der Waals surface area contributed by atoms with E-state index < -0.39 is 10.6 Å². The van der Waals surface area contributed by atoms with Crippen molar-refractivity contribution in [2.24, 2.45) is 0 Å². The van der Waals surface area contributed by atoms with Crippen molar-refractivity contribution in [1.29, 1.82) is 0 Å². The van der Waals surface area contributed by atoms with Crippen molar-refractivity contribution >= 4 is 29.0 Å². The van der Waals surface area contributed by atoms with Gasteiger partial charge in [0.25, 0.3) is 0 Å². The second-order valence-electron chi connectivity index (χ2n) is 4.73. The average Bonchev–Trinajstić information content (AvgIpc) is 2.59. The third-order valence-electron chi connectivity index (χ3n) is 3.15. The zero-order valence-electron chi connectivity index (χ0n) is 13.6. The number of nitrogens with two attached hydrogens (primary N) is 1. The Hall–Kier alpha value is -3.34. The summed E-state index contributed by atoms with van der Waals surface area (Å²) >= 11 is 0. The summed E-state index contributed by atoms with van der Waals surface area (Å²) in [7, 11) is 3.01. The van der Waals surface area contributed by atoms with Crippen LogP contribution in [-0.2, 0) is 0 Å². The summed E-state index contributed by atoms with van der Waals surface area (Å²) in [6, 6.07) is 5.05. The second kappa shape index (κ2) is 7.97. The lowest BCUT2D eigenvalue weighted by Crippen LogP contribution is -2.13. The number of ether oxygens (including phenoxy) is 2. The highest BCUT2D eigenvalue weighted by molar-refractivity contribution is 5.72. The number of anilines is 4. The van der Waals surface area contributed by atoms with Crippen LogP contribution >= 0.6 is 0 Å². The number of hydrogen-bond acceptors (Lipinski definition) is 10. The van der Waals surface area contributed by atoms with E-state index in [2.05, 4.69) is 20.6 Å². The van der Waals surface area contributed by atoms with Crippen LogP contribution in [0.2, 0.25) is 0 Å². The van der Waals surface area contributed by atoms with Crippen molar-refractivity contribution in [1.82, 2.24) is 9.97 Å². The third-order valence-corrected chi connectivity index (χ3v) is 3.15. The molecule has 1 aromatic heterocycles. The van der Waals surface area contributed by atoms with Gasteiger partial charge in [0.15, 0.2) is 0 Å². The van der Waals surface area contributed by atoms with Crippen molar-refractivity contribution < 1.29 is 19.5 Å². The van der Waals surface area contributed by atoms with E-state index in [0.717, 1.165) is 0 Å². The predicted molar refractivity (Wildman–Crippen MR) is 91.5 cm³/mol. The van der Waals surface area contributed by atoms with Gasteiger partial charge in [-0.2, -0.15) is 9.97 Å². The average molecular weight is 350 g/mol. The molecule has 11 nitrogen and oxygen atoms in total. The maximum Gasteiger partial charge on any atom is 0.353 e. The Morgan fingerprint density at radius 3 is 2.68 bits per heavy atom. The topological polar surface area (TPSA) is 158 Å². The Kier molecular flexibility index (Phi) is 5.74. The van der Waals surface area contributed by atoms with E-state index in [-0.39, 0.29) is 30.7 Å². The fourth-order valence-electron chi connectivity index (χ4n) is 2.04. The van der Waals surface area contributed by atoms with Crippen LogP contribution in [0.4, 0.5) is 29.0 Å². The van der Waals surface area contributed by atoms with Crippen molar-refractivity contribution in [3.63, 3.8) is 0 Å². The molecule has 11 heteroatoms. The van der Waals surface area contributed by atoms with E-state index in [4.69, 9.17) is 20.3 Å². The minimum atomic E-state index is -0.690. The summed E-state index contributed by atoms with van der Waals surface area (Å²) in [5.74, 6) is 0.666. The monoisotopic (exact) mass is 350 g/mol. The molecule has 0 aliphatic carbocycles. The zero-order chi connectivity index (χ0) is 18.4. The van der Waals surface area contributed by atoms with Crippen LogP contribution in [0.5, 0.6) is 11.5 Å². The predicted octanol–water partition coefficient (Wildman–Crippen LogP) is 1.13. The molecular formula is C14H18N6O5. The molecule has 5 N–H and O–H groups in total. The summed E-state index contributed by atoms with van der Waals surface area (Å²) < 4.78 is 10.4. The van der Waals surface area contributed by atoms with Gasteiger partial charge in [0.2, 0.25) is 17.6 Å². The van der Waals surface area contributed by atoms with Gasteiger partial charge < -0.3 is 30.9 Å². The molecule has 0 bridgehead atoms. The summed E-state index contributed by atoms with van der Waals surface area (Å²) in [6.07, 6.45) is 0. The minimum absolute atomic E-state index is 0.0232. The largest absolute Gasteiger partial charge is 0.497 e. The van der Waals surface area contributed by atoms with E-state index >= 15 is 0 Å². The molecule has 2 aromatic rings. The molecule has 0 spiro atoms. The Labute approximate surface area is 143 Å². The fourth-order valence-corrected chi connectivity index (χ4v) is 2.04. The molecule has 1 aromatic carbocycles. The maximum atomic E-state index is 11.1. The minimum Gasteiger partial charge on any atom is -0.497 e. The highest BCUT2D eigenvalue weighted by Crippen LogP contribution is 2.33. The van der Waals surface area contributed by atoms with Crippen molar-refractivity contribution in [2.75, 3.05) is 43.7 Å². The Bertz CT molecular complexity index is 770. The zero-order valence-corrected chi connectivity index (χ0v) is 13.6. The standard InChI is InChI=1S/C14H18N6O5/c1-24-8-3-4-10(25-2)9(7-8)17-14-18-12(15)11(20(22)23)13(19-14)16-5-6-21/h3-4,7,21H,5-6H2,1-2H3,(H4,15,16,17,18,19).